The highest BCUT2D eigenvalue weighted by atomic mass is 127. The Morgan fingerprint density at radius 1 is 1.31 bits per heavy atom. The first-order valence-corrected chi connectivity index (χ1v) is 5.94. The summed E-state index contributed by atoms with van der Waals surface area (Å²) in [5, 5.41) is 0. The molecule has 13 heavy (non-hydrogen) atoms. The summed E-state index contributed by atoms with van der Waals surface area (Å²) < 4.78 is 2.23. The summed E-state index contributed by atoms with van der Waals surface area (Å²) in [6.45, 7) is 2.19. The average molecular weight is 286 g/mol. The van der Waals surface area contributed by atoms with Gasteiger partial charge in [0.15, 0.2) is 11.9 Å². The minimum absolute atomic E-state index is 0.890. The first-order chi connectivity index (χ1) is 6.25. The molecule has 2 heteroatoms. The Balaban J connectivity index is 2.22. The second-order valence-electron chi connectivity index (χ2n) is 4.34. The molecule has 1 nitrogen and oxygen atoms in total. The van der Waals surface area contributed by atoms with Gasteiger partial charge in [-0.15, -0.1) is 2.78 Å². The number of fused-ring (bicyclic) bond motifs is 5. The molecule has 1 heterocycles. The zero-order valence-electron chi connectivity index (χ0n) is 7.76. The molecule has 1 aromatic heterocycles. The van der Waals surface area contributed by atoms with E-state index in [1.807, 2.05) is 0 Å². The monoisotopic (exact) mass is 286 g/mol. The molecule has 1 aromatic rings. The molecule has 0 N–H and O–H groups in total. The van der Waals surface area contributed by atoms with Gasteiger partial charge in [-0.3, -0.25) is 0 Å². The standard InChI is InChI=1S/C11H13IN/c1-7-4-10-8-2-3-9(5-8)11(10)6-13(7)12/h4,6,8-9H,2-3,5H2,1H3/q+1. The van der Waals surface area contributed by atoms with Crippen LogP contribution in [0.15, 0.2) is 12.3 Å². The maximum Gasteiger partial charge on any atom is 0.354 e. The van der Waals surface area contributed by atoms with E-state index in [0.717, 1.165) is 11.8 Å². The lowest BCUT2D eigenvalue weighted by atomic mass is 9.93. The van der Waals surface area contributed by atoms with Gasteiger partial charge in [0.2, 0.25) is 0 Å². The van der Waals surface area contributed by atoms with E-state index in [0.29, 0.717) is 0 Å². The number of hydrogen-bond donors (Lipinski definition) is 0. The van der Waals surface area contributed by atoms with Gasteiger partial charge in [0.25, 0.3) is 0 Å². The molecule has 2 atom stereocenters. The smallest absolute Gasteiger partial charge is 0.141 e. The summed E-state index contributed by atoms with van der Waals surface area (Å²) >= 11 is 2.38. The minimum Gasteiger partial charge on any atom is -0.141 e. The van der Waals surface area contributed by atoms with Gasteiger partial charge in [0.05, 0.1) is 0 Å². The van der Waals surface area contributed by atoms with Crippen molar-refractivity contribution in [2.24, 2.45) is 0 Å². The normalized spacial score (nSPS) is 29.4. The van der Waals surface area contributed by atoms with Crippen LogP contribution >= 0.6 is 22.9 Å². The molecular weight excluding hydrogens is 273 g/mol. The molecule has 1 fully saturated rings. The topological polar surface area (TPSA) is 3.88 Å². The quantitative estimate of drug-likeness (QED) is 0.646. The molecule has 2 unspecified atom stereocenters. The van der Waals surface area contributed by atoms with E-state index >= 15 is 0 Å². The zero-order valence-corrected chi connectivity index (χ0v) is 9.91. The fraction of sp³-hybridized carbons (Fsp3) is 0.545. The van der Waals surface area contributed by atoms with Crippen molar-refractivity contribution in [1.82, 2.24) is 0 Å². The molecule has 2 bridgehead atoms. The number of aromatic nitrogens is 1. The molecular formula is C11H13IN+. The number of nitrogens with zero attached hydrogens (tertiary/aromatic N) is 1. The summed E-state index contributed by atoms with van der Waals surface area (Å²) in [5.74, 6) is 1.79. The van der Waals surface area contributed by atoms with E-state index in [4.69, 9.17) is 0 Å². The fourth-order valence-electron chi connectivity index (χ4n) is 2.91. The van der Waals surface area contributed by atoms with Gasteiger partial charge >= 0.3 is 22.9 Å². The van der Waals surface area contributed by atoms with Crippen LogP contribution in [0.2, 0.25) is 0 Å². The van der Waals surface area contributed by atoms with Gasteiger partial charge < -0.3 is 0 Å². The summed E-state index contributed by atoms with van der Waals surface area (Å²) in [5.41, 5.74) is 4.67. The Morgan fingerprint density at radius 2 is 2.00 bits per heavy atom. The summed E-state index contributed by atoms with van der Waals surface area (Å²) in [6.07, 6.45) is 6.63. The second kappa shape index (κ2) is 2.69. The third-order valence-electron chi connectivity index (χ3n) is 3.60. The van der Waals surface area contributed by atoms with E-state index in [9.17, 15) is 0 Å². The number of halogens is 1. The van der Waals surface area contributed by atoms with Crippen LogP contribution in [0.3, 0.4) is 0 Å². The highest BCUT2D eigenvalue weighted by Crippen LogP contribution is 2.52. The van der Waals surface area contributed by atoms with Gasteiger partial charge in [-0.05, 0) is 36.7 Å². The van der Waals surface area contributed by atoms with Crippen molar-refractivity contribution in [1.29, 1.82) is 0 Å². The molecule has 1 saturated carbocycles. The van der Waals surface area contributed by atoms with E-state index < -0.39 is 0 Å². The van der Waals surface area contributed by atoms with Crippen LogP contribution in [-0.2, 0) is 0 Å². The lowest BCUT2D eigenvalue weighted by molar-refractivity contribution is -0.449. The Bertz CT molecular complexity index is 338. The van der Waals surface area contributed by atoms with Crippen molar-refractivity contribution in [3.8, 4) is 0 Å². The van der Waals surface area contributed by atoms with Gasteiger partial charge in [-0.1, -0.05) is 0 Å². The van der Waals surface area contributed by atoms with Gasteiger partial charge in [0, 0.05) is 18.6 Å². The van der Waals surface area contributed by atoms with Crippen molar-refractivity contribution in [3.63, 3.8) is 0 Å². The van der Waals surface area contributed by atoms with Crippen molar-refractivity contribution < 1.29 is 2.78 Å². The molecule has 2 aliphatic rings. The molecule has 68 valence electrons. The van der Waals surface area contributed by atoms with Crippen molar-refractivity contribution in [3.05, 3.63) is 29.1 Å². The summed E-state index contributed by atoms with van der Waals surface area (Å²) in [6, 6.07) is 2.39. The maximum atomic E-state index is 2.39. The third kappa shape index (κ3) is 1.07. The summed E-state index contributed by atoms with van der Waals surface area (Å²) in [7, 11) is 0. The first-order valence-electron chi connectivity index (χ1n) is 4.98. The third-order valence-corrected chi connectivity index (χ3v) is 4.64. The number of hydrogen-bond acceptors (Lipinski definition) is 0. The van der Waals surface area contributed by atoms with E-state index in [-0.39, 0.29) is 0 Å². The van der Waals surface area contributed by atoms with Crippen LogP contribution in [0.5, 0.6) is 0 Å². The van der Waals surface area contributed by atoms with Gasteiger partial charge in [0.1, 0.15) is 0 Å². The highest BCUT2D eigenvalue weighted by molar-refractivity contribution is 14.1. The Kier molecular flexibility index (Phi) is 1.70. The van der Waals surface area contributed by atoms with Crippen LogP contribution in [0.25, 0.3) is 0 Å². The maximum absolute atomic E-state index is 2.39. The Hall–Kier alpha value is -0.120. The Labute approximate surface area is 92.7 Å². The molecule has 0 amide bonds. The van der Waals surface area contributed by atoms with Crippen LogP contribution in [0.4, 0.5) is 0 Å². The number of rotatable bonds is 0. The van der Waals surface area contributed by atoms with E-state index in [1.54, 1.807) is 11.1 Å². The van der Waals surface area contributed by atoms with Crippen LogP contribution in [-0.4, -0.2) is 0 Å². The van der Waals surface area contributed by atoms with Crippen LogP contribution in [0.1, 0.15) is 47.9 Å². The largest absolute Gasteiger partial charge is 0.354 e. The SMILES string of the molecule is Cc1cc2c(c[n+]1I)C1CCC2C1. The number of aryl methyl sites for hydroxylation is 1. The molecule has 0 spiro atoms. The van der Waals surface area contributed by atoms with E-state index in [2.05, 4.69) is 44.8 Å². The van der Waals surface area contributed by atoms with Crippen LogP contribution in [0, 0.1) is 6.92 Å². The van der Waals surface area contributed by atoms with Crippen LogP contribution < -0.4 is 2.78 Å². The molecule has 2 aliphatic carbocycles. The average Bonchev–Trinajstić information content (AvgIpc) is 2.67. The Morgan fingerprint density at radius 3 is 2.77 bits per heavy atom. The predicted molar refractivity (Wildman–Crippen MR) is 60.1 cm³/mol. The lowest BCUT2D eigenvalue weighted by Gasteiger charge is -2.12. The molecule has 0 radical (unpaired) electrons. The lowest BCUT2D eigenvalue weighted by Crippen LogP contribution is -2.25. The second-order valence-corrected chi connectivity index (χ2v) is 5.38. The molecule has 0 aliphatic heterocycles. The summed E-state index contributed by atoms with van der Waals surface area (Å²) in [4.78, 5) is 0. The van der Waals surface area contributed by atoms with Gasteiger partial charge in [-0.25, -0.2) is 0 Å². The van der Waals surface area contributed by atoms with Crippen molar-refractivity contribution >= 4 is 22.9 Å². The van der Waals surface area contributed by atoms with Crippen molar-refractivity contribution in [2.45, 2.75) is 38.0 Å². The highest BCUT2D eigenvalue weighted by Gasteiger charge is 2.39. The van der Waals surface area contributed by atoms with Crippen molar-refractivity contribution in [2.75, 3.05) is 0 Å². The first kappa shape index (κ1) is 8.21. The number of pyridine rings is 1. The zero-order chi connectivity index (χ0) is 9.00. The van der Waals surface area contributed by atoms with Gasteiger partial charge in [-0.2, -0.15) is 0 Å². The predicted octanol–water partition coefficient (Wildman–Crippen LogP) is 2.85. The molecule has 0 aromatic carbocycles. The molecule has 0 saturated heterocycles. The minimum atomic E-state index is 0.890. The fourth-order valence-corrected chi connectivity index (χ4v) is 3.35. The van der Waals surface area contributed by atoms with E-state index in [1.165, 1.54) is 25.0 Å². The molecule has 3 rings (SSSR count).